The fourth-order valence-electron chi connectivity index (χ4n) is 3.87. The molecule has 192 valence electrons. The fourth-order valence-corrected chi connectivity index (χ4v) is 5.49. The summed E-state index contributed by atoms with van der Waals surface area (Å²) in [6, 6.07) is 13.0. The number of amides is 1. The SMILES string of the molecule is CC(C)CN(C[C@H](O)[C@@H](Cc1ccccc1)NC(=O)O[C@@H]1CCCO1)S(=O)(=O)c1ccc(F)cc1. The van der Waals surface area contributed by atoms with E-state index in [0.29, 0.717) is 13.0 Å². The monoisotopic (exact) mass is 508 g/mol. The third-order valence-electron chi connectivity index (χ3n) is 5.60. The molecule has 1 aliphatic rings. The molecule has 0 spiro atoms. The summed E-state index contributed by atoms with van der Waals surface area (Å²) in [5.74, 6) is -0.585. The van der Waals surface area contributed by atoms with E-state index in [2.05, 4.69) is 5.32 Å². The van der Waals surface area contributed by atoms with Crippen molar-refractivity contribution >= 4 is 16.1 Å². The van der Waals surface area contributed by atoms with Crippen LogP contribution in [0.5, 0.6) is 0 Å². The molecule has 1 heterocycles. The second kappa shape index (κ2) is 12.4. The molecule has 10 heteroatoms. The highest BCUT2D eigenvalue weighted by atomic mass is 32.2. The molecule has 3 atom stereocenters. The van der Waals surface area contributed by atoms with Crippen molar-refractivity contribution in [3.63, 3.8) is 0 Å². The van der Waals surface area contributed by atoms with Crippen LogP contribution in [0.3, 0.4) is 0 Å². The van der Waals surface area contributed by atoms with Crippen molar-refractivity contribution in [2.24, 2.45) is 5.92 Å². The smallest absolute Gasteiger partial charge is 0.409 e. The molecule has 0 aliphatic carbocycles. The van der Waals surface area contributed by atoms with Gasteiger partial charge in [0, 0.05) is 19.5 Å². The van der Waals surface area contributed by atoms with E-state index < -0.39 is 40.4 Å². The lowest BCUT2D eigenvalue weighted by atomic mass is 10.0. The van der Waals surface area contributed by atoms with Gasteiger partial charge in [-0.1, -0.05) is 44.2 Å². The van der Waals surface area contributed by atoms with Gasteiger partial charge in [-0.2, -0.15) is 4.31 Å². The highest BCUT2D eigenvalue weighted by molar-refractivity contribution is 7.89. The zero-order valence-electron chi connectivity index (χ0n) is 20.0. The summed E-state index contributed by atoms with van der Waals surface area (Å²) in [7, 11) is -4.02. The van der Waals surface area contributed by atoms with Gasteiger partial charge in [-0.25, -0.2) is 17.6 Å². The van der Waals surface area contributed by atoms with Crippen molar-refractivity contribution in [2.45, 2.75) is 56.4 Å². The third-order valence-corrected chi connectivity index (χ3v) is 7.45. The van der Waals surface area contributed by atoms with E-state index in [4.69, 9.17) is 9.47 Å². The molecule has 0 saturated carbocycles. The number of hydrogen-bond acceptors (Lipinski definition) is 6. The number of alkyl carbamates (subject to hydrolysis) is 1. The van der Waals surface area contributed by atoms with Crippen LogP contribution in [0.2, 0.25) is 0 Å². The molecular weight excluding hydrogens is 475 g/mol. The predicted octanol–water partition coefficient (Wildman–Crippen LogP) is 3.31. The second-order valence-corrected chi connectivity index (χ2v) is 11.0. The predicted molar refractivity (Wildman–Crippen MR) is 129 cm³/mol. The molecular formula is C25H33FN2O6S. The van der Waals surface area contributed by atoms with Crippen LogP contribution in [0.15, 0.2) is 59.5 Å². The molecule has 2 aromatic carbocycles. The van der Waals surface area contributed by atoms with Crippen molar-refractivity contribution in [1.29, 1.82) is 0 Å². The summed E-state index contributed by atoms with van der Waals surface area (Å²) in [5.41, 5.74) is 0.853. The van der Waals surface area contributed by atoms with Crippen LogP contribution in [0.1, 0.15) is 32.3 Å². The molecule has 0 radical (unpaired) electrons. The van der Waals surface area contributed by atoms with E-state index in [1.165, 1.54) is 16.4 Å². The molecule has 1 amide bonds. The Bertz CT molecular complexity index is 1040. The number of hydrogen-bond donors (Lipinski definition) is 2. The van der Waals surface area contributed by atoms with Crippen molar-refractivity contribution in [3.8, 4) is 0 Å². The molecule has 2 N–H and O–H groups in total. The summed E-state index contributed by atoms with van der Waals surface area (Å²) in [4.78, 5) is 12.5. The van der Waals surface area contributed by atoms with E-state index in [0.717, 1.165) is 24.1 Å². The summed E-state index contributed by atoms with van der Waals surface area (Å²) in [5, 5.41) is 13.8. The van der Waals surface area contributed by atoms with Gasteiger partial charge in [0.1, 0.15) is 5.82 Å². The highest BCUT2D eigenvalue weighted by Crippen LogP contribution is 2.20. The zero-order chi connectivity index (χ0) is 25.4. The lowest BCUT2D eigenvalue weighted by Gasteiger charge is -2.30. The number of halogens is 1. The zero-order valence-corrected chi connectivity index (χ0v) is 20.8. The first kappa shape index (κ1) is 27.1. The van der Waals surface area contributed by atoms with Gasteiger partial charge in [0.2, 0.25) is 16.3 Å². The number of nitrogens with zero attached hydrogens (tertiary/aromatic N) is 1. The lowest BCUT2D eigenvalue weighted by molar-refractivity contribution is -0.0698. The minimum Gasteiger partial charge on any atom is -0.420 e. The summed E-state index contributed by atoms with van der Waals surface area (Å²) < 4.78 is 51.8. The van der Waals surface area contributed by atoms with Crippen LogP contribution < -0.4 is 5.32 Å². The summed E-state index contributed by atoms with van der Waals surface area (Å²) in [6.45, 7) is 4.10. The standard InChI is InChI=1S/C25H33FN2O6S/c1-18(2)16-28(35(31,32)21-12-10-20(26)11-13-21)17-23(29)22(15-19-7-4-3-5-8-19)27-25(30)34-24-9-6-14-33-24/h3-5,7-8,10-13,18,22-24,29H,6,9,14-17H2,1-2H3,(H,27,30)/t22-,23+,24-/m1/s1. The number of benzene rings is 2. The van der Waals surface area contributed by atoms with Crippen molar-refractivity contribution in [1.82, 2.24) is 9.62 Å². The van der Waals surface area contributed by atoms with Crippen LogP contribution in [-0.4, -0.2) is 62.1 Å². The Morgan fingerprint density at radius 2 is 1.86 bits per heavy atom. The number of carbonyl (C=O) groups excluding carboxylic acids is 1. The lowest BCUT2D eigenvalue weighted by Crippen LogP contribution is -2.51. The first-order chi connectivity index (χ1) is 16.6. The summed E-state index contributed by atoms with van der Waals surface area (Å²) >= 11 is 0. The Labute approximate surface area is 206 Å². The van der Waals surface area contributed by atoms with Gasteiger partial charge >= 0.3 is 6.09 Å². The second-order valence-electron chi connectivity index (χ2n) is 9.03. The Balaban J connectivity index is 1.80. The van der Waals surface area contributed by atoms with Gasteiger partial charge in [-0.05, 0) is 48.6 Å². The quantitative estimate of drug-likeness (QED) is 0.483. The highest BCUT2D eigenvalue weighted by Gasteiger charge is 2.32. The molecule has 0 unspecified atom stereocenters. The molecule has 0 bridgehead atoms. The van der Waals surface area contributed by atoms with Crippen LogP contribution in [-0.2, 0) is 25.9 Å². The molecule has 0 aromatic heterocycles. The van der Waals surface area contributed by atoms with E-state index in [1.807, 2.05) is 44.2 Å². The molecule has 1 aliphatic heterocycles. The van der Waals surface area contributed by atoms with Gasteiger partial charge < -0.3 is 19.9 Å². The number of aliphatic hydroxyl groups is 1. The van der Waals surface area contributed by atoms with Gasteiger partial charge in [0.25, 0.3) is 0 Å². The normalized spacial score (nSPS) is 17.9. The maximum atomic E-state index is 13.4. The van der Waals surface area contributed by atoms with Crippen molar-refractivity contribution < 1.29 is 32.2 Å². The van der Waals surface area contributed by atoms with Crippen LogP contribution in [0.25, 0.3) is 0 Å². The maximum absolute atomic E-state index is 13.4. The van der Waals surface area contributed by atoms with E-state index in [1.54, 1.807) is 0 Å². The largest absolute Gasteiger partial charge is 0.420 e. The number of rotatable bonds is 11. The van der Waals surface area contributed by atoms with Gasteiger partial charge in [-0.3, -0.25) is 0 Å². The van der Waals surface area contributed by atoms with Gasteiger partial charge in [-0.15, -0.1) is 0 Å². The number of carbonyl (C=O) groups is 1. The van der Waals surface area contributed by atoms with Crippen molar-refractivity contribution in [2.75, 3.05) is 19.7 Å². The maximum Gasteiger partial charge on any atom is 0.409 e. The number of aliphatic hydroxyl groups excluding tert-OH is 1. The third kappa shape index (κ3) is 7.99. The number of nitrogens with one attached hydrogen (secondary N) is 1. The van der Waals surface area contributed by atoms with E-state index in [-0.39, 0.29) is 30.3 Å². The van der Waals surface area contributed by atoms with Gasteiger partial charge in [0.15, 0.2) is 0 Å². The average molecular weight is 509 g/mol. The topological polar surface area (TPSA) is 105 Å². The Morgan fingerprint density at radius 1 is 1.17 bits per heavy atom. The molecule has 1 saturated heterocycles. The van der Waals surface area contributed by atoms with E-state index in [9.17, 15) is 22.7 Å². The first-order valence-corrected chi connectivity index (χ1v) is 13.2. The van der Waals surface area contributed by atoms with Crippen LogP contribution >= 0.6 is 0 Å². The molecule has 1 fully saturated rings. The molecule has 8 nitrogen and oxygen atoms in total. The minimum absolute atomic E-state index is 0.0394. The Morgan fingerprint density at radius 3 is 2.46 bits per heavy atom. The summed E-state index contributed by atoms with van der Waals surface area (Å²) in [6.07, 6.45) is -0.985. The average Bonchev–Trinajstić information content (AvgIpc) is 3.31. The molecule has 2 aromatic rings. The van der Waals surface area contributed by atoms with Crippen molar-refractivity contribution in [3.05, 3.63) is 66.0 Å². The number of sulfonamides is 1. The Hall–Kier alpha value is -2.53. The fraction of sp³-hybridized carbons (Fsp3) is 0.480. The first-order valence-electron chi connectivity index (χ1n) is 11.7. The van der Waals surface area contributed by atoms with Crippen LogP contribution in [0.4, 0.5) is 9.18 Å². The van der Waals surface area contributed by atoms with Gasteiger partial charge in [0.05, 0.1) is 23.6 Å². The molecule has 3 rings (SSSR count). The minimum atomic E-state index is -4.02. The number of ether oxygens (including phenoxy) is 2. The molecule has 35 heavy (non-hydrogen) atoms. The Kier molecular flexibility index (Phi) is 9.62. The van der Waals surface area contributed by atoms with Crippen LogP contribution in [0, 0.1) is 11.7 Å². The van der Waals surface area contributed by atoms with E-state index >= 15 is 0 Å².